The summed E-state index contributed by atoms with van der Waals surface area (Å²) in [6.07, 6.45) is 7.88. The van der Waals surface area contributed by atoms with Crippen LogP contribution >= 0.6 is 27.5 Å². The molecule has 0 aromatic carbocycles. The van der Waals surface area contributed by atoms with Crippen molar-refractivity contribution in [1.82, 2.24) is 0 Å². The molecule has 0 saturated heterocycles. The smallest absolute Gasteiger partial charge is 0.0307 e. The summed E-state index contributed by atoms with van der Waals surface area (Å²) in [5.74, 6) is 0. The van der Waals surface area contributed by atoms with Gasteiger partial charge in [0.25, 0.3) is 0 Å². The molecule has 0 aliphatic heterocycles. The second kappa shape index (κ2) is 8.86. The van der Waals surface area contributed by atoms with Gasteiger partial charge in [-0.2, -0.15) is 0 Å². The minimum Gasteiger partial charge on any atom is -0.123 e. The fraction of sp³-hybridized carbons (Fsp3) is 1.00. The maximum absolute atomic E-state index is 5.81. The predicted octanol–water partition coefficient (Wildman–Crippen LogP) is 4.35. The minimum absolute atomic E-state index is 0.367. The highest BCUT2D eigenvalue weighted by Gasteiger charge is 1.95. The van der Waals surface area contributed by atoms with E-state index in [0.29, 0.717) is 5.38 Å². The molecule has 2 heteroatoms. The molecule has 0 bridgehead atoms. The molecular formula is C9H18BrCl. The number of hydrogen-bond acceptors (Lipinski definition) is 0. The largest absolute Gasteiger partial charge is 0.123 e. The molecule has 1 unspecified atom stereocenters. The van der Waals surface area contributed by atoms with Crippen LogP contribution in [0.3, 0.4) is 0 Å². The first kappa shape index (κ1) is 11.8. The molecule has 0 rings (SSSR count). The van der Waals surface area contributed by atoms with Crippen molar-refractivity contribution in [2.45, 2.75) is 50.8 Å². The molecule has 68 valence electrons. The first-order valence-corrected chi connectivity index (χ1v) is 6.03. The standard InChI is InChI=1S/C9H18BrCl/c1-9(11)7-5-3-2-4-6-8-10/h9H,2-8H2,1H3. The molecule has 11 heavy (non-hydrogen) atoms. The topological polar surface area (TPSA) is 0 Å². The van der Waals surface area contributed by atoms with E-state index in [0.717, 1.165) is 5.33 Å². The number of rotatable bonds is 7. The average molecular weight is 242 g/mol. The quantitative estimate of drug-likeness (QED) is 0.459. The maximum Gasteiger partial charge on any atom is 0.0307 e. The summed E-state index contributed by atoms with van der Waals surface area (Å²) < 4.78 is 0. The Bertz CT molecular complexity index is 74.0. The average Bonchev–Trinajstić information content (AvgIpc) is 1.96. The first-order valence-electron chi connectivity index (χ1n) is 4.47. The SMILES string of the molecule is CC(Cl)CCCCCCCBr. The number of alkyl halides is 2. The predicted molar refractivity (Wildman–Crippen MR) is 56.8 cm³/mol. The molecule has 0 aliphatic rings. The summed E-state index contributed by atoms with van der Waals surface area (Å²) in [4.78, 5) is 0. The van der Waals surface area contributed by atoms with Crippen LogP contribution in [0, 0.1) is 0 Å². The Labute approximate surface area is 83.8 Å². The monoisotopic (exact) mass is 240 g/mol. The zero-order valence-electron chi connectivity index (χ0n) is 7.28. The summed E-state index contributed by atoms with van der Waals surface area (Å²) in [7, 11) is 0. The number of hydrogen-bond donors (Lipinski definition) is 0. The number of halogens is 2. The lowest BCUT2D eigenvalue weighted by molar-refractivity contribution is 0.607. The van der Waals surface area contributed by atoms with Crippen LogP contribution in [0.5, 0.6) is 0 Å². The van der Waals surface area contributed by atoms with E-state index in [1.54, 1.807) is 0 Å². The summed E-state index contributed by atoms with van der Waals surface area (Å²) in [6, 6.07) is 0. The lowest BCUT2D eigenvalue weighted by Crippen LogP contribution is -1.89. The third-order valence-corrected chi connectivity index (χ3v) is 2.51. The Hall–Kier alpha value is 0.770. The summed E-state index contributed by atoms with van der Waals surface area (Å²) >= 11 is 9.23. The highest BCUT2D eigenvalue weighted by Crippen LogP contribution is 2.10. The molecule has 0 saturated carbocycles. The zero-order valence-corrected chi connectivity index (χ0v) is 9.62. The van der Waals surface area contributed by atoms with Gasteiger partial charge in [0.05, 0.1) is 0 Å². The highest BCUT2D eigenvalue weighted by molar-refractivity contribution is 9.09. The Morgan fingerprint density at radius 1 is 1.09 bits per heavy atom. The van der Waals surface area contributed by atoms with Crippen LogP contribution in [0.25, 0.3) is 0 Å². The molecule has 0 fully saturated rings. The molecule has 0 radical (unpaired) electrons. The van der Waals surface area contributed by atoms with Gasteiger partial charge in [0.15, 0.2) is 0 Å². The van der Waals surface area contributed by atoms with Gasteiger partial charge < -0.3 is 0 Å². The van der Waals surface area contributed by atoms with Crippen LogP contribution in [-0.4, -0.2) is 10.7 Å². The van der Waals surface area contributed by atoms with E-state index < -0.39 is 0 Å². The van der Waals surface area contributed by atoms with Crippen molar-refractivity contribution in [2.75, 3.05) is 5.33 Å². The molecule has 0 amide bonds. The van der Waals surface area contributed by atoms with E-state index in [4.69, 9.17) is 11.6 Å². The molecule has 0 spiro atoms. The van der Waals surface area contributed by atoms with E-state index in [-0.39, 0.29) is 0 Å². The van der Waals surface area contributed by atoms with Crippen LogP contribution in [0.4, 0.5) is 0 Å². The van der Waals surface area contributed by atoms with Crippen LogP contribution in [0.1, 0.15) is 45.4 Å². The Morgan fingerprint density at radius 3 is 2.18 bits per heavy atom. The lowest BCUT2D eigenvalue weighted by atomic mass is 10.1. The third-order valence-electron chi connectivity index (χ3n) is 1.74. The van der Waals surface area contributed by atoms with Crippen molar-refractivity contribution in [2.24, 2.45) is 0 Å². The Morgan fingerprint density at radius 2 is 1.64 bits per heavy atom. The molecule has 0 aliphatic carbocycles. The van der Waals surface area contributed by atoms with Gasteiger partial charge in [-0.1, -0.05) is 41.6 Å². The van der Waals surface area contributed by atoms with Crippen LogP contribution in [0.15, 0.2) is 0 Å². The zero-order chi connectivity index (χ0) is 8.53. The van der Waals surface area contributed by atoms with Crippen molar-refractivity contribution >= 4 is 27.5 Å². The van der Waals surface area contributed by atoms with Gasteiger partial charge in [0.1, 0.15) is 0 Å². The van der Waals surface area contributed by atoms with Crippen molar-refractivity contribution in [3.8, 4) is 0 Å². The molecule has 1 atom stereocenters. The Balaban J connectivity index is 2.80. The second-order valence-electron chi connectivity index (χ2n) is 3.03. The van der Waals surface area contributed by atoms with E-state index >= 15 is 0 Å². The van der Waals surface area contributed by atoms with E-state index in [1.165, 1.54) is 38.5 Å². The van der Waals surface area contributed by atoms with Gasteiger partial charge in [-0.05, 0) is 19.8 Å². The molecule has 0 aromatic heterocycles. The van der Waals surface area contributed by atoms with Gasteiger partial charge in [-0.25, -0.2) is 0 Å². The summed E-state index contributed by atoms with van der Waals surface area (Å²) in [5.41, 5.74) is 0. The van der Waals surface area contributed by atoms with Crippen molar-refractivity contribution in [1.29, 1.82) is 0 Å². The molecule has 0 N–H and O–H groups in total. The van der Waals surface area contributed by atoms with Crippen molar-refractivity contribution < 1.29 is 0 Å². The van der Waals surface area contributed by atoms with E-state index in [9.17, 15) is 0 Å². The second-order valence-corrected chi connectivity index (χ2v) is 4.56. The fourth-order valence-electron chi connectivity index (χ4n) is 1.05. The van der Waals surface area contributed by atoms with Gasteiger partial charge >= 0.3 is 0 Å². The van der Waals surface area contributed by atoms with Crippen LogP contribution in [0.2, 0.25) is 0 Å². The van der Waals surface area contributed by atoms with Crippen molar-refractivity contribution in [3.05, 3.63) is 0 Å². The fourth-order valence-corrected chi connectivity index (χ4v) is 1.60. The van der Waals surface area contributed by atoms with Gasteiger partial charge in [-0.15, -0.1) is 11.6 Å². The van der Waals surface area contributed by atoms with E-state index in [2.05, 4.69) is 22.9 Å². The van der Waals surface area contributed by atoms with Crippen molar-refractivity contribution in [3.63, 3.8) is 0 Å². The third kappa shape index (κ3) is 10.8. The van der Waals surface area contributed by atoms with Crippen LogP contribution < -0.4 is 0 Å². The van der Waals surface area contributed by atoms with Gasteiger partial charge in [0.2, 0.25) is 0 Å². The summed E-state index contributed by atoms with van der Waals surface area (Å²) in [5, 5.41) is 1.52. The van der Waals surface area contributed by atoms with E-state index in [1.807, 2.05) is 0 Å². The normalized spacial score (nSPS) is 13.4. The molecule has 0 aromatic rings. The van der Waals surface area contributed by atoms with Gasteiger partial charge in [-0.3, -0.25) is 0 Å². The molecule has 0 nitrogen and oxygen atoms in total. The minimum atomic E-state index is 0.367. The summed E-state index contributed by atoms with van der Waals surface area (Å²) in [6.45, 7) is 2.07. The van der Waals surface area contributed by atoms with Gasteiger partial charge in [0, 0.05) is 10.7 Å². The maximum atomic E-state index is 5.81. The molecular weight excluding hydrogens is 223 g/mol. The number of unbranched alkanes of at least 4 members (excludes halogenated alkanes) is 4. The lowest BCUT2D eigenvalue weighted by Gasteiger charge is -2.01. The Kier molecular flexibility index (Phi) is 9.48. The highest BCUT2D eigenvalue weighted by atomic mass is 79.9. The first-order chi connectivity index (χ1) is 5.27. The van der Waals surface area contributed by atoms with Crippen LogP contribution in [-0.2, 0) is 0 Å². The molecule has 0 heterocycles.